The molecule has 1 aromatic rings. The molecule has 2 saturated heterocycles. The molecule has 0 spiro atoms. The molecule has 1 amide bonds. The zero-order valence-electron chi connectivity index (χ0n) is 17.9. The summed E-state index contributed by atoms with van der Waals surface area (Å²) in [5.74, 6) is 1.05. The molecule has 0 aromatic heterocycles. The lowest BCUT2D eigenvalue weighted by Gasteiger charge is -2.37. The standard InChI is InChI=1S/C22H34N4O3.HI/c1-23-22(24-11-6-16-28-18-10-19-7-3-2-4-8-19)26-14-12-25(13-15-26)21(27)20-9-5-17-29-20;/h2-4,7-8,20H,5-6,9-18H2,1H3,(H,23,24);1H. The number of carbonyl (C=O) groups excluding carboxylic acids is 1. The number of carbonyl (C=O) groups is 1. The minimum atomic E-state index is -0.221. The lowest BCUT2D eigenvalue weighted by Crippen LogP contribution is -2.55. The number of amides is 1. The minimum absolute atomic E-state index is 0. The summed E-state index contributed by atoms with van der Waals surface area (Å²) in [7, 11) is 1.81. The Morgan fingerprint density at radius 2 is 1.90 bits per heavy atom. The molecule has 0 saturated carbocycles. The fourth-order valence-electron chi connectivity index (χ4n) is 3.76. The van der Waals surface area contributed by atoms with Crippen LogP contribution in [0, 0.1) is 0 Å². The molecule has 2 aliphatic heterocycles. The number of halogens is 1. The van der Waals surface area contributed by atoms with Gasteiger partial charge in [0, 0.05) is 53.0 Å². The first-order chi connectivity index (χ1) is 14.3. The van der Waals surface area contributed by atoms with Crippen LogP contribution in [-0.2, 0) is 20.7 Å². The monoisotopic (exact) mass is 530 g/mol. The summed E-state index contributed by atoms with van der Waals surface area (Å²) < 4.78 is 11.3. The maximum atomic E-state index is 12.5. The third kappa shape index (κ3) is 7.70. The molecule has 1 aromatic carbocycles. The van der Waals surface area contributed by atoms with Gasteiger partial charge in [0.1, 0.15) is 6.10 Å². The Hall–Kier alpha value is -1.39. The number of piperazine rings is 1. The van der Waals surface area contributed by atoms with Gasteiger partial charge in [0.25, 0.3) is 5.91 Å². The van der Waals surface area contributed by atoms with Crippen molar-refractivity contribution >= 4 is 35.8 Å². The third-order valence-corrected chi connectivity index (χ3v) is 5.43. The Bertz CT molecular complexity index is 645. The Morgan fingerprint density at radius 1 is 1.17 bits per heavy atom. The second-order valence-electron chi connectivity index (χ2n) is 7.49. The van der Waals surface area contributed by atoms with Crippen molar-refractivity contribution < 1.29 is 14.3 Å². The molecule has 0 aliphatic carbocycles. The van der Waals surface area contributed by atoms with Gasteiger partial charge in [0.15, 0.2) is 5.96 Å². The van der Waals surface area contributed by atoms with E-state index in [0.29, 0.717) is 6.61 Å². The highest BCUT2D eigenvalue weighted by Gasteiger charge is 2.30. The second kappa shape index (κ2) is 13.8. The molecule has 8 heteroatoms. The minimum Gasteiger partial charge on any atom is -0.381 e. The maximum Gasteiger partial charge on any atom is 0.251 e. The summed E-state index contributed by atoms with van der Waals surface area (Å²) in [6.07, 6.45) is 3.51. The molecule has 3 rings (SSSR count). The Balaban J connectivity index is 0.00000320. The van der Waals surface area contributed by atoms with Gasteiger partial charge >= 0.3 is 0 Å². The lowest BCUT2D eigenvalue weighted by atomic mass is 10.2. The quantitative estimate of drug-likeness (QED) is 0.242. The first-order valence-corrected chi connectivity index (χ1v) is 10.8. The van der Waals surface area contributed by atoms with Crippen molar-refractivity contribution in [3.63, 3.8) is 0 Å². The number of hydrogen-bond donors (Lipinski definition) is 1. The van der Waals surface area contributed by atoms with Crippen molar-refractivity contribution in [2.45, 2.75) is 31.8 Å². The number of nitrogens with zero attached hydrogens (tertiary/aromatic N) is 3. The fraction of sp³-hybridized carbons (Fsp3) is 0.636. The van der Waals surface area contributed by atoms with Crippen molar-refractivity contribution in [3.8, 4) is 0 Å². The Labute approximate surface area is 197 Å². The number of guanidine groups is 1. The molecule has 1 unspecified atom stereocenters. The molecule has 7 nitrogen and oxygen atoms in total. The van der Waals surface area contributed by atoms with Gasteiger partial charge in [0.05, 0.1) is 6.61 Å². The molecule has 1 atom stereocenters. The second-order valence-corrected chi connectivity index (χ2v) is 7.49. The Morgan fingerprint density at radius 3 is 2.57 bits per heavy atom. The third-order valence-electron chi connectivity index (χ3n) is 5.43. The highest BCUT2D eigenvalue weighted by atomic mass is 127. The van der Waals surface area contributed by atoms with Crippen molar-refractivity contribution in [3.05, 3.63) is 35.9 Å². The van der Waals surface area contributed by atoms with Crippen LogP contribution in [0.4, 0.5) is 0 Å². The molecule has 1 N–H and O–H groups in total. The van der Waals surface area contributed by atoms with E-state index >= 15 is 0 Å². The van der Waals surface area contributed by atoms with Gasteiger partial charge in [-0.1, -0.05) is 30.3 Å². The summed E-state index contributed by atoms with van der Waals surface area (Å²) in [6.45, 7) is 6.07. The smallest absolute Gasteiger partial charge is 0.251 e. The van der Waals surface area contributed by atoms with Crippen LogP contribution in [0.3, 0.4) is 0 Å². The van der Waals surface area contributed by atoms with Gasteiger partial charge in [0.2, 0.25) is 0 Å². The van der Waals surface area contributed by atoms with Crippen LogP contribution < -0.4 is 5.32 Å². The highest BCUT2D eigenvalue weighted by molar-refractivity contribution is 14.0. The number of nitrogens with one attached hydrogen (secondary N) is 1. The van der Waals surface area contributed by atoms with Crippen LogP contribution >= 0.6 is 24.0 Å². The molecule has 0 bridgehead atoms. The van der Waals surface area contributed by atoms with Crippen molar-refractivity contribution in [2.75, 3.05) is 59.6 Å². The number of rotatable bonds is 8. The fourth-order valence-corrected chi connectivity index (χ4v) is 3.76. The van der Waals surface area contributed by atoms with Crippen LogP contribution in [0.1, 0.15) is 24.8 Å². The van der Waals surface area contributed by atoms with E-state index in [9.17, 15) is 4.79 Å². The normalized spacial score (nSPS) is 19.5. The van der Waals surface area contributed by atoms with E-state index in [1.54, 1.807) is 0 Å². The van der Waals surface area contributed by atoms with Gasteiger partial charge in [-0.3, -0.25) is 9.79 Å². The number of hydrogen-bond acceptors (Lipinski definition) is 4. The molecule has 168 valence electrons. The molecular formula is C22H35IN4O3. The average Bonchev–Trinajstić information content (AvgIpc) is 3.31. The predicted octanol–water partition coefficient (Wildman–Crippen LogP) is 2.15. The van der Waals surface area contributed by atoms with E-state index in [1.807, 2.05) is 18.0 Å². The van der Waals surface area contributed by atoms with E-state index in [-0.39, 0.29) is 36.0 Å². The molecule has 30 heavy (non-hydrogen) atoms. The molecule has 2 heterocycles. The molecule has 0 radical (unpaired) electrons. The van der Waals surface area contributed by atoms with E-state index in [0.717, 1.165) is 77.6 Å². The van der Waals surface area contributed by atoms with Crippen LogP contribution in [-0.4, -0.2) is 87.4 Å². The van der Waals surface area contributed by atoms with E-state index in [4.69, 9.17) is 9.47 Å². The number of aliphatic imine (C=N–C) groups is 1. The first-order valence-electron chi connectivity index (χ1n) is 10.8. The summed E-state index contributed by atoms with van der Waals surface area (Å²) >= 11 is 0. The van der Waals surface area contributed by atoms with Gasteiger partial charge in [-0.05, 0) is 31.2 Å². The van der Waals surface area contributed by atoms with Crippen LogP contribution in [0.25, 0.3) is 0 Å². The zero-order valence-corrected chi connectivity index (χ0v) is 20.3. The van der Waals surface area contributed by atoms with E-state index in [1.165, 1.54) is 5.56 Å². The number of benzene rings is 1. The van der Waals surface area contributed by atoms with Crippen LogP contribution in [0.2, 0.25) is 0 Å². The van der Waals surface area contributed by atoms with E-state index in [2.05, 4.69) is 39.5 Å². The largest absolute Gasteiger partial charge is 0.381 e. The maximum absolute atomic E-state index is 12.5. The van der Waals surface area contributed by atoms with E-state index < -0.39 is 0 Å². The Kier molecular flexibility index (Phi) is 11.5. The topological polar surface area (TPSA) is 66.4 Å². The SMILES string of the molecule is CN=C(NCCCOCCc1ccccc1)N1CCN(C(=O)C2CCCO2)CC1.I. The summed E-state index contributed by atoms with van der Waals surface area (Å²) in [5.41, 5.74) is 1.31. The summed E-state index contributed by atoms with van der Waals surface area (Å²) in [4.78, 5) is 21.0. The molecular weight excluding hydrogens is 495 g/mol. The highest BCUT2D eigenvalue weighted by Crippen LogP contribution is 2.16. The van der Waals surface area contributed by atoms with Gasteiger partial charge in [-0.25, -0.2) is 0 Å². The van der Waals surface area contributed by atoms with Crippen molar-refractivity contribution in [1.82, 2.24) is 15.1 Å². The molecule has 2 fully saturated rings. The van der Waals surface area contributed by atoms with Crippen LogP contribution in [0.15, 0.2) is 35.3 Å². The van der Waals surface area contributed by atoms with Gasteiger partial charge in [-0.2, -0.15) is 0 Å². The first kappa shape index (κ1) is 24.9. The summed E-state index contributed by atoms with van der Waals surface area (Å²) in [6, 6.07) is 10.4. The zero-order chi connectivity index (χ0) is 20.3. The lowest BCUT2D eigenvalue weighted by molar-refractivity contribution is -0.142. The van der Waals surface area contributed by atoms with Crippen LogP contribution in [0.5, 0.6) is 0 Å². The van der Waals surface area contributed by atoms with Gasteiger partial charge < -0.3 is 24.6 Å². The van der Waals surface area contributed by atoms with Gasteiger partial charge in [-0.15, -0.1) is 24.0 Å². The van der Waals surface area contributed by atoms with Crippen molar-refractivity contribution in [2.24, 2.45) is 4.99 Å². The van der Waals surface area contributed by atoms with Crippen molar-refractivity contribution in [1.29, 1.82) is 0 Å². The molecule has 2 aliphatic rings. The summed E-state index contributed by atoms with van der Waals surface area (Å²) in [5, 5.41) is 3.41. The average molecular weight is 530 g/mol. The number of ether oxygens (including phenoxy) is 2. The predicted molar refractivity (Wildman–Crippen MR) is 129 cm³/mol.